The Bertz CT molecular complexity index is 325. The summed E-state index contributed by atoms with van der Waals surface area (Å²) < 4.78 is 36.6. The Labute approximate surface area is 88.8 Å². The minimum Gasteiger partial charge on any atom is -0.251 e. The van der Waals surface area contributed by atoms with E-state index in [0.717, 1.165) is 12.3 Å². The number of aromatic nitrogens is 1. The zero-order chi connectivity index (χ0) is 10.8. The highest BCUT2D eigenvalue weighted by atomic mass is 35.5. The second-order valence-electron chi connectivity index (χ2n) is 2.60. The van der Waals surface area contributed by atoms with Gasteiger partial charge in [-0.1, -0.05) is 0 Å². The van der Waals surface area contributed by atoms with Crippen LogP contribution < -0.4 is 0 Å². The molecule has 0 saturated heterocycles. The van der Waals surface area contributed by atoms with Crippen molar-refractivity contribution < 1.29 is 13.2 Å². The number of rotatable bonds is 2. The molecule has 0 bridgehead atoms. The van der Waals surface area contributed by atoms with Crippen molar-refractivity contribution in [2.45, 2.75) is 17.9 Å². The van der Waals surface area contributed by atoms with E-state index in [4.69, 9.17) is 23.2 Å². The van der Waals surface area contributed by atoms with E-state index in [1.54, 1.807) is 0 Å². The van der Waals surface area contributed by atoms with Crippen molar-refractivity contribution in [3.63, 3.8) is 0 Å². The van der Waals surface area contributed by atoms with Crippen LogP contribution in [-0.4, -0.2) is 4.98 Å². The van der Waals surface area contributed by atoms with Crippen LogP contribution in [0.25, 0.3) is 0 Å². The first-order valence-electron chi connectivity index (χ1n) is 3.66. The molecule has 0 atom stereocenters. The fourth-order valence-electron chi connectivity index (χ4n) is 0.925. The summed E-state index contributed by atoms with van der Waals surface area (Å²) in [5.74, 6) is 0.0981. The van der Waals surface area contributed by atoms with Crippen LogP contribution in [0.2, 0.25) is 0 Å². The van der Waals surface area contributed by atoms with E-state index in [1.165, 1.54) is 0 Å². The SMILES string of the molecule is FC(F)(F)c1cc(CCl)c(CCl)cn1. The monoisotopic (exact) mass is 243 g/mol. The normalized spacial score (nSPS) is 11.8. The number of pyridine rings is 1. The van der Waals surface area contributed by atoms with E-state index in [2.05, 4.69) is 4.98 Å². The highest BCUT2D eigenvalue weighted by molar-refractivity contribution is 6.18. The third-order valence-corrected chi connectivity index (χ3v) is 2.24. The van der Waals surface area contributed by atoms with Gasteiger partial charge in [-0.15, -0.1) is 23.2 Å². The first-order chi connectivity index (χ1) is 6.49. The van der Waals surface area contributed by atoms with Gasteiger partial charge in [-0.3, -0.25) is 4.98 Å². The molecular formula is C8H6Cl2F3N. The molecule has 0 radical (unpaired) electrons. The average molecular weight is 244 g/mol. The Balaban J connectivity index is 3.14. The molecule has 1 aromatic rings. The van der Waals surface area contributed by atoms with Gasteiger partial charge in [0.05, 0.1) is 0 Å². The van der Waals surface area contributed by atoms with Gasteiger partial charge in [0.2, 0.25) is 0 Å². The highest BCUT2D eigenvalue weighted by Crippen LogP contribution is 2.29. The second kappa shape index (κ2) is 4.36. The molecule has 0 unspecified atom stereocenters. The second-order valence-corrected chi connectivity index (χ2v) is 3.14. The van der Waals surface area contributed by atoms with Gasteiger partial charge in [-0.2, -0.15) is 13.2 Å². The van der Waals surface area contributed by atoms with Gasteiger partial charge in [-0.05, 0) is 17.2 Å². The van der Waals surface area contributed by atoms with E-state index in [-0.39, 0.29) is 11.8 Å². The molecule has 0 saturated carbocycles. The Morgan fingerprint density at radius 2 is 1.71 bits per heavy atom. The third-order valence-electron chi connectivity index (χ3n) is 1.66. The Kier molecular flexibility index (Phi) is 3.61. The Hall–Kier alpha value is -0.480. The van der Waals surface area contributed by atoms with Crippen molar-refractivity contribution in [1.29, 1.82) is 0 Å². The molecule has 0 fully saturated rings. The van der Waals surface area contributed by atoms with Crippen molar-refractivity contribution in [3.8, 4) is 0 Å². The maximum Gasteiger partial charge on any atom is 0.433 e. The number of hydrogen-bond acceptors (Lipinski definition) is 1. The molecule has 0 aliphatic rings. The predicted octanol–water partition coefficient (Wildman–Crippen LogP) is 3.58. The number of hydrogen-bond donors (Lipinski definition) is 0. The molecule has 1 heterocycles. The predicted molar refractivity (Wildman–Crippen MR) is 48.4 cm³/mol. The van der Waals surface area contributed by atoms with Crippen molar-refractivity contribution >= 4 is 23.2 Å². The van der Waals surface area contributed by atoms with Crippen LogP contribution in [0.3, 0.4) is 0 Å². The van der Waals surface area contributed by atoms with Gasteiger partial charge in [-0.25, -0.2) is 0 Å². The summed E-state index contributed by atoms with van der Waals surface area (Å²) in [6, 6.07) is 0.921. The lowest BCUT2D eigenvalue weighted by atomic mass is 10.1. The lowest BCUT2D eigenvalue weighted by molar-refractivity contribution is -0.141. The third kappa shape index (κ3) is 2.51. The minimum absolute atomic E-state index is 0.00630. The van der Waals surface area contributed by atoms with Crippen molar-refractivity contribution in [3.05, 3.63) is 29.1 Å². The molecule has 0 aromatic carbocycles. The largest absolute Gasteiger partial charge is 0.433 e. The van der Waals surface area contributed by atoms with E-state index in [1.807, 2.05) is 0 Å². The van der Waals surface area contributed by atoms with E-state index in [0.29, 0.717) is 11.1 Å². The standard InChI is InChI=1S/C8H6Cl2F3N/c9-2-5-1-7(8(11,12)13)14-4-6(5)3-10/h1,4H,2-3H2. The molecule has 1 rings (SSSR count). The molecule has 6 heteroatoms. The molecule has 0 aliphatic carbocycles. The van der Waals surface area contributed by atoms with Crippen LogP contribution >= 0.6 is 23.2 Å². The number of alkyl halides is 5. The molecule has 0 N–H and O–H groups in total. The van der Waals surface area contributed by atoms with Crippen molar-refractivity contribution in [2.24, 2.45) is 0 Å². The van der Waals surface area contributed by atoms with Gasteiger partial charge in [0.25, 0.3) is 0 Å². The van der Waals surface area contributed by atoms with E-state index >= 15 is 0 Å². The topological polar surface area (TPSA) is 12.9 Å². The molecule has 78 valence electrons. The molecule has 0 aliphatic heterocycles. The lowest BCUT2D eigenvalue weighted by Crippen LogP contribution is -2.09. The number of nitrogens with zero attached hydrogens (tertiary/aromatic N) is 1. The fourth-order valence-corrected chi connectivity index (χ4v) is 1.41. The van der Waals surface area contributed by atoms with Crippen LogP contribution in [0.1, 0.15) is 16.8 Å². The Morgan fingerprint density at radius 3 is 2.14 bits per heavy atom. The average Bonchev–Trinajstić information content (AvgIpc) is 2.15. The zero-order valence-electron chi connectivity index (χ0n) is 6.91. The summed E-state index contributed by atoms with van der Waals surface area (Å²) in [6.45, 7) is 0. The van der Waals surface area contributed by atoms with Crippen LogP contribution in [0.4, 0.5) is 13.2 Å². The summed E-state index contributed by atoms with van der Waals surface area (Å²) in [4.78, 5) is 3.26. The summed E-state index contributed by atoms with van der Waals surface area (Å²) in [5.41, 5.74) is -0.0549. The van der Waals surface area contributed by atoms with Gasteiger partial charge in [0, 0.05) is 18.0 Å². The molecule has 1 nitrogen and oxygen atoms in total. The molecule has 14 heavy (non-hydrogen) atoms. The van der Waals surface area contributed by atoms with Crippen LogP contribution in [0, 0.1) is 0 Å². The maximum absolute atomic E-state index is 12.2. The maximum atomic E-state index is 12.2. The first-order valence-corrected chi connectivity index (χ1v) is 4.73. The highest BCUT2D eigenvalue weighted by Gasteiger charge is 2.32. The minimum atomic E-state index is -4.44. The summed E-state index contributed by atoms with van der Waals surface area (Å²) >= 11 is 11.0. The fraction of sp³-hybridized carbons (Fsp3) is 0.375. The zero-order valence-corrected chi connectivity index (χ0v) is 8.42. The van der Waals surface area contributed by atoms with Crippen molar-refractivity contribution in [2.75, 3.05) is 0 Å². The van der Waals surface area contributed by atoms with Crippen molar-refractivity contribution in [1.82, 2.24) is 4.98 Å². The Morgan fingerprint density at radius 1 is 1.14 bits per heavy atom. The summed E-state index contributed by atoms with van der Waals surface area (Å²) in [5, 5.41) is 0. The summed E-state index contributed by atoms with van der Waals surface area (Å²) in [6.07, 6.45) is -3.33. The smallest absolute Gasteiger partial charge is 0.251 e. The van der Waals surface area contributed by atoms with Gasteiger partial charge in [0.15, 0.2) is 0 Å². The summed E-state index contributed by atoms with van der Waals surface area (Å²) in [7, 11) is 0. The van der Waals surface area contributed by atoms with E-state index < -0.39 is 11.9 Å². The first kappa shape index (κ1) is 11.6. The molecular weight excluding hydrogens is 238 g/mol. The molecule has 1 aromatic heterocycles. The van der Waals surface area contributed by atoms with Crippen LogP contribution in [0.15, 0.2) is 12.3 Å². The molecule has 0 spiro atoms. The van der Waals surface area contributed by atoms with Gasteiger partial charge < -0.3 is 0 Å². The quantitative estimate of drug-likeness (QED) is 0.724. The van der Waals surface area contributed by atoms with Gasteiger partial charge in [0.1, 0.15) is 5.69 Å². The van der Waals surface area contributed by atoms with Gasteiger partial charge >= 0.3 is 6.18 Å². The lowest BCUT2D eigenvalue weighted by Gasteiger charge is -2.09. The van der Waals surface area contributed by atoms with Crippen LogP contribution in [0.5, 0.6) is 0 Å². The van der Waals surface area contributed by atoms with E-state index in [9.17, 15) is 13.2 Å². The number of halogens is 5. The van der Waals surface area contributed by atoms with Crippen LogP contribution in [-0.2, 0) is 17.9 Å². The molecule has 0 amide bonds.